The van der Waals surface area contributed by atoms with Crippen LogP contribution in [0.5, 0.6) is 0 Å². The van der Waals surface area contributed by atoms with Crippen molar-refractivity contribution in [2.45, 2.75) is 26.8 Å². The standard InChI is InChI=1S/C15H20N4OS2/c1-10-6-11(2)8-18(7-10)13(20)9-19-14(16-17-15(19)21)12-4-3-5-22-12/h3-5,10-11H,6-9H2,1-2H3,(H,17,21). The normalized spacial score (nSPS) is 22.0. The lowest BCUT2D eigenvalue weighted by Crippen LogP contribution is -2.44. The summed E-state index contributed by atoms with van der Waals surface area (Å²) in [6, 6.07) is 3.96. The van der Waals surface area contributed by atoms with Crippen molar-refractivity contribution in [2.75, 3.05) is 13.1 Å². The number of likely N-dealkylation sites (tertiary alicyclic amines) is 1. The largest absolute Gasteiger partial charge is 0.341 e. The highest BCUT2D eigenvalue weighted by Crippen LogP contribution is 2.24. The van der Waals surface area contributed by atoms with Crippen molar-refractivity contribution < 1.29 is 4.79 Å². The zero-order chi connectivity index (χ0) is 15.7. The van der Waals surface area contributed by atoms with Gasteiger partial charge in [0.1, 0.15) is 6.54 Å². The maximum Gasteiger partial charge on any atom is 0.242 e. The summed E-state index contributed by atoms with van der Waals surface area (Å²) >= 11 is 6.88. The van der Waals surface area contributed by atoms with E-state index >= 15 is 0 Å². The lowest BCUT2D eigenvalue weighted by molar-refractivity contribution is -0.134. The quantitative estimate of drug-likeness (QED) is 0.876. The van der Waals surface area contributed by atoms with Crippen LogP contribution in [0, 0.1) is 16.6 Å². The summed E-state index contributed by atoms with van der Waals surface area (Å²) in [7, 11) is 0. The zero-order valence-electron chi connectivity index (χ0n) is 12.8. The highest BCUT2D eigenvalue weighted by atomic mass is 32.1. The van der Waals surface area contributed by atoms with E-state index in [0.29, 0.717) is 16.6 Å². The molecule has 1 saturated heterocycles. The number of aromatic nitrogens is 3. The number of amides is 1. The molecule has 118 valence electrons. The van der Waals surface area contributed by atoms with E-state index in [2.05, 4.69) is 24.0 Å². The molecule has 1 aliphatic rings. The fourth-order valence-corrected chi connectivity index (χ4v) is 4.08. The van der Waals surface area contributed by atoms with Gasteiger partial charge in [-0.05, 0) is 41.9 Å². The van der Waals surface area contributed by atoms with Crippen LogP contribution in [0.1, 0.15) is 20.3 Å². The van der Waals surface area contributed by atoms with E-state index in [1.54, 1.807) is 15.9 Å². The Morgan fingerprint density at radius 2 is 2.18 bits per heavy atom. The Kier molecular flexibility index (Phi) is 4.44. The Morgan fingerprint density at radius 1 is 1.45 bits per heavy atom. The van der Waals surface area contributed by atoms with Crippen LogP contribution in [0.15, 0.2) is 17.5 Å². The maximum atomic E-state index is 12.7. The summed E-state index contributed by atoms with van der Waals surface area (Å²) in [5.41, 5.74) is 0. The van der Waals surface area contributed by atoms with Crippen molar-refractivity contribution >= 4 is 29.5 Å². The molecule has 1 N–H and O–H groups in total. The van der Waals surface area contributed by atoms with Crippen molar-refractivity contribution in [1.82, 2.24) is 19.7 Å². The molecule has 22 heavy (non-hydrogen) atoms. The third-order valence-electron chi connectivity index (χ3n) is 4.01. The monoisotopic (exact) mass is 336 g/mol. The van der Waals surface area contributed by atoms with Crippen molar-refractivity contribution in [3.8, 4) is 10.7 Å². The first kappa shape index (κ1) is 15.4. The lowest BCUT2D eigenvalue weighted by Gasteiger charge is -2.35. The smallest absolute Gasteiger partial charge is 0.242 e. The van der Waals surface area contributed by atoms with E-state index in [0.717, 1.165) is 23.8 Å². The molecular weight excluding hydrogens is 316 g/mol. The van der Waals surface area contributed by atoms with Crippen LogP contribution >= 0.6 is 23.6 Å². The minimum atomic E-state index is 0.119. The molecule has 0 bridgehead atoms. The van der Waals surface area contributed by atoms with E-state index in [-0.39, 0.29) is 12.5 Å². The number of rotatable bonds is 3. The van der Waals surface area contributed by atoms with Crippen LogP contribution in [0.4, 0.5) is 0 Å². The van der Waals surface area contributed by atoms with E-state index < -0.39 is 0 Å². The van der Waals surface area contributed by atoms with Gasteiger partial charge in [0.25, 0.3) is 0 Å². The summed E-state index contributed by atoms with van der Waals surface area (Å²) in [5.74, 6) is 1.98. The number of thiophene rings is 1. The molecule has 2 aromatic heterocycles. The number of aromatic amines is 1. The van der Waals surface area contributed by atoms with Gasteiger partial charge in [-0.15, -0.1) is 11.3 Å². The second-order valence-electron chi connectivity index (χ2n) is 6.16. The van der Waals surface area contributed by atoms with Crippen LogP contribution < -0.4 is 0 Å². The Morgan fingerprint density at radius 3 is 2.82 bits per heavy atom. The number of nitrogens with zero attached hydrogens (tertiary/aromatic N) is 3. The van der Waals surface area contributed by atoms with Crippen molar-refractivity contribution in [3.05, 3.63) is 22.3 Å². The van der Waals surface area contributed by atoms with Crippen LogP contribution in [0.3, 0.4) is 0 Å². The first-order valence-corrected chi connectivity index (χ1v) is 8.80. The Bertz CT molecular complexity index is 693. The summed E-state index contributed by atoms with van der Waals surface area (Å²) in [6.07, 6.45) is 1.19. The summed E-state index contributed by atoms with van der Waals surface area (Å²) in [5, 5.41) is 9.07. The SMILES string of the molecule is CC1CC(C)CN(C(=O)Cn2c(-c3cccs3)n[nH]c2=S)C1. The summed E-state index contributed by atoms with van der Waals surface area (Å²) in [6.45, 7) is 6.33. The van der Waals surface area contributed by atoms with Crippen molar-refractivity contribution in [1.29, 1.82) is 0 Å². The molecule has 3 rings (SSSR count). The zero-order valence-corrected chi connectivity index (χ0v) is 14.4. The fourth-order valence-electron chi connectivity index (χ4n) is 3.16. The Hall–Kier alpha value is -1.47. The molecule has 1 aliphatic heterocycles. The van der Waals surface area contributed by atoms with Crippen molar-refractivity contribution in [2.24, 2.45) is 11.8 Å². The second kappa shape index (κ2) is 6.34. The van der Waals surface area contributed by atoms with Gasteiger partial charge in [0.15, 0.2) is 10.6 Å². The maximum absolute atomic E-state index is 12.7. The summed E-state index contributed by atoms with van der Waals surface area (Å²) < 4.78 is 2.29. The topological polar surface area (TPSA) is 53.9 Å². The molecular formula is C15H20N4OS2. The number of hydrogen-bond acceptors (Lipinski definition) is 4. The molecule has 0 aliphatic carbocycles. The van der Waals surface area contributed by atoms with Gasteiger partial charge in [-0.25, -0.2) is 0 Å². The van der Waals surface area contributed by atoms with Crippen LogP contribution in [0.25, 0.3) is 10.7 Å². The van der Waals surface area contributed by atoms with E-state index in [9.17, 15) is 4.79 Å². The molecule has 2 aromatic rings. The van der Waals surface area contributed by atoms with E-state index in [1.165, 1.54) is 6.42 Å². The van der Waals surface area contributed by atoms with Gasteiger partial charge in [-0.2, -0.15) is 5.10 Å². The number of nitrogens with one attached hydrogen (secondary N) is 1. The predicted molar refractivity (Wildman–Crippen MR) is 90.2 cm³/mol. The van der Waals surface area contributed by atoms with Gasteiger partial charge in [-0.3, -0.25) is 14.5 Å². The van der Waals surface area contributed by atoms with Gasteiger partial charge >= 0.3 is 0 Å². The van der Waals surface area contributed by atoms with Gasteiger partial charge < -0.3 is 4.90 Å². The van der Waals surface area contributed by atoms with Crippen molar-refractivity contribution in [3.63, 3.8) is 0 Å². The average Bonchev–Trinajstić information content (AvgIpc) is 3.08. The molecule has 2 unspecified atom stereocenters. The molecule has 3 heterocycles. The Labute approximate surface area is 139 Å². The van der Waals surface area contributed by atoms with Gasteiger partial charge in [-0.1, -0.05) is 19.9 Å². The molecule has 2 atom stereocenters. The lowest BCUT2D eigenvalue weighted by atomic mass is 9.92. The number of carbonyl (C=O) groups is 1. The molecule has 7 heteroatoms. The highest BCUT2D eigenvalue weighted by molar-refractivity contribution is 7.71. The molecule has 0 radical (unpaired) electrons. The average molecular weight is 336 g/mol. The Balaban J connectivity index is 1.80. The first-order chi connectivity index (χ1) is 10.5. The van der Waals surface area contributed by atoms with Crippen LogP contribution in [0.2, 0.25) is 0 Å². The molecule has 5 nitrogen and oxygen atoms in total. The first-order valence-electron chi connectivity index (χ1n) is 7.51. The number of hydrogen-bond donors (Lipinski definition) is 1. The number of piperidine rings is 1. The molecule has 1 fully saturated rings. The van der Waals surface area contributed by atoms with Crippen LogP contribution in [-0.4, -0.2) is 38.7 Å². The van der Waals surface area contributed by atoms with Gasteiger partial charge in [0.2, 0.25) is 5.91 Å². The predicted octanol–water partition coefficient (Wildman–Crippen LogP) is 3.17. The van der Waals surface area contributed by atoms with Gasteiger partial charge in [0, 0.05) is 13.1 Å². The minimum Gasteiger partial charge on any atom is -0.341 e. The third-order valence-corrected chi connectivity index (χ3v) is 5.19. The molecule has 1 amide bonds. The molecule has 0 aromatic carbocycles. The number of carbonyl (C=O) groups excluding carboxylic acids is 1. The van der Waals surface area contributed by atoms with Gasteiger partial charge in [0.05, 0.1) is 4.88 Å². The molecule has 0 spiro atoms. The highest BCUT2D eigenvalue weighted by Gasteiger charge is 2.26. The van der Waals surface area contributed by atoms with E-state index in [4.69, 9.17) is 12.2 Å². The minimum absolute atomic E-state index is 0.119. The molecule has 0 saturated carbocycles. The fraction of sp³-hybridized carbons (Fsp3) is 0.533. The number of H-pyrrole nitrogens is 1. The van der Waals surface area contributed by atoms with Crippen LogP contribution in [-0.2, 0) is 11.3 Å². The van der Waals surface area contributed by atoms with E-state index in [1.807, 2.05) is 22.4 Å². The second-order valence-corrected chi connectivity index (χ2v) is 7.49. The summed E-state index contributed by atoms with van der Waals surface area (Å²) in [4.78, 5) is 15.6. The third kappa shape index (κ3) is 3.15.